The molecule has 0 saturated heterocycles. The molecule has 0 radical (unpaired) electrons. The Balaban J connectivity index is 1.76. The molecule has 0 aromatic heterocycles. The number of anilines is 2. The first-order valence-corrected chi connectivity index (χ1v) is 9.77. The van der Waals surface area contributed by atoms with Gasteiger partial charge in [-0.15, -0.1) is 0 Å². The standard InChI is InChI=1S/C24H21FN2O5/c1-30-20-11-15(12-21(31-2)23(20)32-3)24(29)27-13-22(28)26-18-10-14(8-9-19(18)27)16-6-4-5-7-17(16)25/h4-12H,13H2,1-3H3,(H,26,28). The number of nitrogens with one attached hydrogen (secondary N) is 1. The summed E-state index contributed by atoms with van der Waals surface area (Å²) in [7, 11) is 4.39. The zero-order chi connectivity index (χ0) is 22.8. The van der Waals surface area contributed by atoms with Gasteiger partial charge in [0.2, 0.25) is 11.7 Å². The summed E-state index contributed by atoms with van der Waals surface area (Å²) in [6, 6.07) is 14.5. The average Bonchev–Trinajstić information content (AvgIpc) is 2.81. The van der Waals surface area contributed by atoms with Crippen LogP contribution in [0.4, 0.5) is 15.8 Å². The highest BCUT2D eigenvalue weighted by Crippen LogP contribution is 2.40. The molecule has 0 saturated carbocycles. The highest BCUT2D eigenvalue weighted by Gasteiger charge is 2.29. The van der Waals surface area contributed by atoms with Crippen LogP contribution in [0, 0.1) is 5.82 Å². The maximum Gasteiger partial charge on any atom is 0.259 e. The number of benzene rings is 3. The number of nitrogens with zero attached hydrogens (tertiary/aromatic N) is 1. The minimum absolute atomic E-state index is 0.165. The third-order valence-electron chi connectivity index (χ3n) is 5.20. The number of hydrogen-bond donors (Lipinski definition) is 1. The molecule has 0 unspecified atom stereocenters. The Morgan fingerprint density at radius 1 is 0.969 bits per heavy atom. The number of amides is 2. The summed E-state index contributed by atoms with van der Waals surface area (Å²) in [6.07, 6.45) is 0. The first-order valence-electron chi connectivity index (χ1n) is 9.77. The number of rotatable bonds is 5. The van der Waals surface area contributed by atoms with Crippen LogP contribution >= 0.6 is 0 Å². The smallest absolute Gasteiger partial charge is 0.259 e. The molecule has 0 fully saturated rings. The molecule has 4 rings (SSSR count). The zero-order valence-electron chi connectivity index (χ0n) is 17.8. The van der Waals surface area contributed by atoms with Gasteiger partial charge < -0.3 is 19.5 Å². The molecule has 0 aliphatic carbocycles. The van der Waals surface area contributed by atoms with E-state index in [4.69, 9.17) is 14.2 Å². The van der Waals surface area contributed by atoms with E-state index in [-0.39, 0.29) is 23.8 Å². The lowest BCUT2D eigenvalue weighted by atomic mass is 10.0. The Bertz CT molecular complexity index is 1190. The van der Waals surface area contributed by atoms with Gasteiger partial charge in [-0.2, -0.15) is 0 Å². The molecule has 0 atom stereocenters. The normalized spacial score (nSPS) is 12.6. The zero-order valence-corrected chi connectivity index (χ0v) is 17.8. The first-order chi connectivity index (χ1) is 15.5. The summed E-state index contributed by atoms with van der Waals surface area (Å²) in [5.74, 6) is -0.139. The molecule has 32 heavy (non-hydrogen) atoms. The topological polar surface area (TPSA) is 77.1 Å². The van der Waals surface area contributed by atoms with Crippen LogP contribution in [0.2, 0.25) is 0 Å². The van der Waals surface area contributed by atoms with E-state index >= 15 is 0 Å². The highest BCUT2D eigenvalue weighted by molar-refractivity contribution is 6.15. The fourth-order valence-corrected chi connectivity index (χ4v) is 3.69. The molecule has 1 aliphatic rings. The molecule has 1 aliphatic heterocycles. The van der Waals surface area contributed by atoms with Crippen molar-refractivity contribution in [3.8, 4) is 28.4 Å². The SMILES string of the molecule is COc1cc(C(=O)N2CC(=O)Nc3cc(-c4ccccc4F)ccc32)cc(OC)c1OC. The van der Waals surface area contributed by atoms with Crippen LogP contribution in [0.5, 0.6) is 17.2 Å². The lowest BCUT2D eigenvalue weighted by Crippen LogP contribution is -2.42. The van der Waals surface area contributed by atoms with Crippen molar-refractivity contribution in [3.05, 3.63) is 66.0 Å². The van der Waals surface area contributed by atoms with Crippen molar-refractivity contribution in [1.82, 2.24) is 0 Å². The van der Waals surface area contributed by atoms with Gasteiger partial charge >= 0.3 is 0 Å². The number of fused-ring (bicyclic) bond motifs is 1. The van der Waals surface area contributed by atoms with E-state index in [9.17, 15) is 14.0 Å². The van der Waals surface area contributed by atoms with Crippen molar-refractivity contribution in [2.24, 2.45) is 0 Å². The Kier molecular flexibility index (Phi) is 5.68. The van der Waals surface area contributed by atoms with Crippen LogP contribution in [0.15, 0.2) is 54.6 Å². The van der Waals surface area contributed by atoms with Crippen LogP contribution in [0.1, 0.15) is 10.4 Å². The van der Waals surface area contributed by atoms with E-state index in [1.54, 1.807) is 36.4 Å². The van der Waals surface area contributed by atoms with Gasteiger partial charge in [0.05, 0.1) is 32.7 Å². The number of carbonyl (C=O) groups is 2. The van der Waals surface area contributed by atoms with Crippen molar-refractivity contribution >= 4 is 23.2 Å². The fourth-order valence-electron chi connectivity index (χ4n) is 3.69. The third-order valence-corrected chi connectivity index (χ3v) is 5.20. The highest BCUT2D eigenvalue weighted by atomic mass is 19.1. The molecule has 2 amide bonds. The van der Waals surface area contributed by atoms with E-state index in [2.05, 4.69) is 5.32 Å². The number of halogens is 1. The molecule has 8 heteroatoms. The Morgan fingerprint density at radius 3 is 2.28 bits per heavy atom. The molecule has 7 nitrogen and oxygen atoms in total. The molecular formula is C24H21FN2O5. The largest absolute Gasteiger partial charge is 0.493 e. The van der Waals surface area contributed by atoms with E-state index in [0.717, 1.165) is 0 Å². The molecular weight excluding hydrogens is 415 g/mol. The van der Waals surface area contributed by atoms with Crippen molar-refractivity contribution in [1.29, 1.82) is 0 Å². The fraction of sp³-hybridized carbons (Fsp3) is 0.167. The molecule has 164 valence electrons. The molecule has 1 N–H and O–H groups in total. The minimum atomic E-state index is -0.418. The van der Waals surface area contributed by atoms with Gasteiger partial charge in [-0.25, -0.2) is 4.39 Å². The second-order valence-corrected chi connectivity index (χ2v) is 7.07. The summed E-state index contributed by atoms with van der Waals surface area (Å²) < 4.78 is 30.2. The number of ether oxygens (including phenoxy) is 3. The van der Waals surface area contributed by atoms with Gasteiger partial charge in [-0.05, 0) is 35.9 Å². The van der Waals surface area contributed by atoms with Crippen molar-refractivity contribution in [3.63, 3.8) is 0 Å². The number of methoxy groups -OCH3 is 3. The van der Waals surface area contributed by atoms with Crippen molar-refractivity contribution < 1.29 is 28.2 Å². The van der Waals surface area contributed by atoms with E-state index in [1.807, 2.05) is 0 Å². The molecule has 0 spiro atoms. The van der Waals surface area contributed by atoms with E-state index in [1.165, 1.54) is 44.4 Å². The van der Waals surface area contributed by atoms with Crippen LogP contribution in [0.3, 0.4) is 0 Å². The Labute approximate surface area is 184 Å². The Morgan fingerprint density at radius 2 is 1.66 bits per heavy atom. The summed E-state index contributed by atoms with van der Waals surface area (Å²) in [5, 5.41) is 2.76. The third kappa shape index (κ3) is 3.71. The monoisotopic (exact) mass is 436 g/mol. The molecule has 0 bridgehead atoms. The number of carbonyl (C=O) groups excluding carboxylic acids is 2. The van der Waals surface area contributed by atoms with E-state index < -0.39 is 5.91 Å². The van der Waals surface area contributed by atoms with Crippen LogP contribution in [0.25, 0.3) is 11.1 Å². The first kappa shape index (κ1) is 21.2. The Hall–Kier alpha value is -4.07. The summed E-state index contributed by atoms with van der Waals surface area (Å²) in [4.78, 5) is 27.1. The summed E-state index contributed by atoms with van der Waals surface area (Å²) in [6.45, 7) is -0.165. The second-order valence-electron chi connectivity index (χ2n) is 7.07. The minimum Gasteiger partial charge on any atom is -0.493 e. The quantitative estimate of drug-likeness (QED) is 0.651. The average molecular weight is 436 g/mol. The van der Waals surface area contributed by atoms with Crippen LogP contribution in [-0.4, -0.2) is 39.7 Å². The second kappa shape index (κ2) is 8.58. The predicted molar refractivity (Wildman–Crippen MR) is 118 cm³/mol. The van der Waals surface area contributed by atoms with Gasteiger partial charge in [-0.1, -0.05) is 24.3 Å². The maximum atomic E-state index is 14.2. The lowest BCUT2D eigenvalue weighted by Gasteiger charge is -2.30. The van der Waals surface area contributed by atoms with Gasteiger partial charge in [0, 0.05) is 11.1 Å². The van der Waals surface area contributed by atoms with Crippen LogP contribution in [-0.2, 0) is 4.79 Å². The lowest BCUT2D eigenvalue weighted by molar-refractivity contribution is -0.115. The van der Waals surface area contributed by atoms with Crippen LogP contribution < -0.4 is 24.4 Å². The predicted octanol–water partition coefficient (Wildman–Crippen LogP) is 4.12. The van der Waals surface area contributed by atoms with E-state index in [0.29, 0.717) is 39.8 Å². The van der Waals surface area contributed by atoms with Gasteiger partial charge in [0.1, 0.15) is 12.4 Å². The molecule has 1 heterocycles. The summed E-state index contributed by atoms with van der Waals surface area (Å²) >= 11 is 0. The summed E-state index contributed by atoms with van der Waals surface area (Å²) in [5.41, 5.74) is 2.17. The molecule has 3 aromatic rings. The van der Waals surface area contributed by atoms with Crippen molar-refractivity contribution in [2.75, 3.05) is 38.1 Å². The van der Waals surface area contributed by atoms with Gasteiger partial charge in [0.25, 0.3) is 5.91 Å². The van der Waals surface area contributed by atoms with Crippen molar-refractivity contribution in [2.45, 2.75) is 0 Å². The number of hydrogen-bond acceptors (Lipinski definition) is 5. The maximum absolute atomic E-state index is 14.2. The van der Waals surface area contributed by atoms with Gasteiger partial charge in [-0.3, -0.25) is 14.5 Å². The molecule has 3 aromatic carbocycles. The van der Waals surface area contributed by atoms with Gasteiger partial charge in [0.15, 0.2) is 11.5 Å².